The lowest BCUT2D eigenvalue weighted by Gasteiger charge is -2.08. The van der Waals surface area contributed by atoms with Gasteiger partial charge in [-0.05, 0) is 42.5 Å². The SMILES string of the molecule is Cl.NNc1ccc(Oc2ccc(Cl)cc2Cl)cc1. The van der Waals surface area contributed by atoms with Crippen molar-refractivity contribution in [1.82, 2.24) is 0 Å². The van der Waals surface area contributed by atoms with Gasteiger partial charge in [-0.25, -0.2) is 0 Å². The average molecular weight is 306 g/mol. The van der Waals surface area contributed by atoms with Gasteiger partial charge >= 0.3 is 0 Å². The molecule has 0 bridgehead atoms. The van der Waals surface area contributed by atoms with E-state index in [2.05, 4.69) is 5.43 Å². The van der Waals surface area contributed by atoms with Crippen LogP contribution in [0.3, 0.4) is 0 Å². The first-order valence-electron chi connectivity index (χ1n) is 4.88. The maximum Gasteiger partial charge on any atom is 0.146 e. The summed E-state index contributed by atoms with van der Waals surface area (Å²) in [5.74, 6) is 6.50. The fourth-order valence-corrected chi connectivity index (χ4v) is 1.75. The van der Waals surface area contributed by atoms with E-state index in [4.69, 9.17) is 33.8 Å². The molecule has 0 saturated heterocycles. The molecule has 3 nitrogen and oxygen atoms in total. The Bertz CT molecular complexity index is 517. The first-order chi connectivity index (χ1) is 8.19. The van der Waals surface area contributed by atoms with Crippen LogP contribution >= 0.6 is 35.6 Å². The smallest absolute Gasteiger partial charge is 0.146 e. The van der Waals surface area contributed by atoms with Crippen LogP contribution in [0, 0.1) is 0 Å². The van der Waals surface area contributed by atoms with E-state index in [9.17, 15) is 0 Å². The predicted octanol–water partition coefficient (Wildman–Crippen LogP) is 4.49. The second-order valence-corrected chi connectivity index (χ2v) is 4.19. The Morgan fingerprint density at radius 2 is 1.67 bits per heavy atom. The van der Waals surface area contributed by atoms with Crippen LogP contribution in [0.1, 0.15) is 0 Å². The molecule has 6 heteroatoms. The Morgan fingerprint density at radius 1 is 1.00 bits per heavy atom. The van der Waals surface area contributed by atoms with E-state index in [1.54, 1.807) is 42.5 Å². The van der Waals surface area contributed by atoms with Gasteiger partial charge in [0.05, 0.1) is 5.02 Å². The zero-order valence-corrected chi connectivity index (χ0v) is 11.5. The van der Waals surface area contributed by atoms with Gasteiger partial charge in [0.25, 0.3) is 0 Å². The number of nitrogens with one attached hydrogen (secondary N) is 1. The molecule has 0 aromatic heterocycles. The van der Waals surface area contributed by atoms with Gasteiger partial charge in [0.1, 0.15) is 11.5 Å². The molecule has 3 N–H and O–H groups in total. The van der Waals surface area contributed by atoms with Crippen molar-refractivity contribution in [2.75, 3.05) is 5.43 Å². The summed E-state index contributed by atoms with van der Waals surface area (Å²) in [7, 11) is 0. The molecule has 2 aromatic rings. The van der Waals surface area contributed by atoms with E-state index in [1.807, 2.05) is 0 Å². The first-order valence-corrected chi connectivity index (χ1v) is 5.64. The maximum absolute atomic E-state index is 6.00. The number of ether oxygens (including phenoxy) is 1. The lowest BCUT2D eigenvalue weighted by Crippen LogP contribution is -2.05. The third-order valence-electron chi connectivity index (χ3n) is 2.14. The first kappa shape index (κ1) is 14.9. The molecule has 0 spiro atoms. The fourth-order valence-electron chi connectivity index (χ4n) is 1.30. The monoisotopic (exact) mass is 304 g/mol. The highest BCUT2D eigenvalue weighted by Crippen LogP contribution is 2.31. The van der Waals surface area contributed by atoms with Crippen molar-refractivity contribution in [3.8, 4) is 11.5 Å². The lowest BCUT2D eigenvalue weighted by atomic mass is 10.3. The van der Waals surface area contributed by atoms with E-state index in [0.717, 1.165) is 5.69 Å². The van der Waals surface area contributed by atoms with Gasteiger partial charge in [0.2, 0.25) is 0 Å². The average Bonchev–Trinajstić information content (AvgIpc) is 2.34. The minimum atomic E-state index is 0. The van der Waals surface area contributed by atoms with E-state index < -0.39 is 0 Å². The quantitative estimate of drug-likeness (QED) is 0.648. The van der Waals surface area contributed by atoms with E-state index >= 15 is 0 Å². The molecule has 0 atom stereocenters. The van der Waals surface area contributed by atoms with Crippen LogP contribution in [0.5, 0.6) is 11.5 Å². The molecule has 0 amide bonds. The summed E-state index contributed by atoms with van der Waals surface area (Å²) >= 11 is 11.8. The second kappa shape index (κ2) is 6.71. The van der Waals surface area contributed by atoms with E-state index in [-0.39, 0.29) is 12.4 Å². The molecule has 0 aliphatic carbocycles. The van der Waals surface area contributed by atoms with Crippen molar-refractivity contribution >= 4 is 41.3 Å². The molecule has 0 saturated carbocycles. The summed E-state index contributed by atoms with van der Waals surface area (Å²) in [6.07, 6.45) is 0. The van der Waals surface area contributed by atoms with Crippen LogP contribution in [0.4, 0.5) is 5.69 Å². The van der Waals surface area contributed by atoms with Crippen molar-refractivity contribution < 1.29 is 4.74 Å². The summed E-state index contributed by atoms with van der Waals surface area (Å²) in [5, 5.41) is 1.04. The van der Waals surface area contributed by atoms with Crippen LogP contribution < -0.4 is 16.0 Å². The zero-order valence-electron chi connectivity index (χ0n) is 9.19. The van der Waals surface area contributed by atoms with Crippen molar-refractivity contribution in [3.05, 3.63) is 52.5 Å². The van der Waals surface area contributed by atoms with Crippen molar-refractivity contribution in [3.63, 3.8) is 0 Å². The molecule has 0 aliphatic rings. The Balaban J connectivity index is 0.00000162. The normalized spacial score (nSPS) is 9.50. The molecule has 2 aromatic carbocycles. The number of halogens is 3. The molecule has 0 aliphatic heterocycles. The topological polar surface area (TPSA) is 47.3 Å². The fraction of sp³-hybridized carbons (Fsp3) is 0. The van der Waals surface area contributed by atoms with Crippen molar-refractivity contribution in [2.45, 2.75) is 0 Å². The summed E-state index contributed by atoms with van der Waals surface area (Å²) in [5.41, 5.74) is 3.34. The number of nitrogens with two attached hydrogens (primary N) is 1. The summed E-state index contributed by atoms with van der Waals surface area (Å²) < 4.78 is 5.60. The van der Waals surface area contributed by atoms with Crippen molar-refractivity contribution in [1.29, 1.82) is 0 Å². The third kappa shape index (κ3) is 3.68. The second-order valence-electron chi connectivity index (χ2n) is 3.35. The van der Waals surface area contributed by atoms with Gasteiger partial charge in [-0.1, -0.05) is 23.2 Å². The van der Waals surface area contributed by atoms with E-state index in [1.165, 1.54) is 0 Å². The number of benzene rings is 2. The van der Waals surface area contributed by atoms with Crippen LogP contribution in [-0.2, 0) is 0 Å². The molecular weight excluding hydrogens is 295 g/mol. The van der Waals surface area contributed by atoms with Crippen LogP contribution in [0.2, 0.25) is 10.0 Å². The molecule has 0 unspecified atom stereocenters. The van der Waals surface area contributed by atoms with Crippen molar-refractivity contribution in [2.24, 2.45) is 5.84 Å². The number of rotatable bonds is 3. The number of nitrogen functional groups attached to an aromatic ring is 1. The van der Waals surface area contributed by atoms with Gasteiger partial charge < -0.3 is 10.2 Å². The van der Waals surface area contributed by atoms with Gasteiger partial charge in [-0.3, -0.25) is 5.84 Å². The minimum absolute atomic E-state index is 0. The minimum Gasteiger partial charge on any atom is -0.456 e. The molecule has 2 rings (SSSR count). The Morgan fingerprint density at radius 3 is 2.22 bits per heavy atom. The molecule has 18 heavy (non-hydrogen) atoms. The van der Waals surface area contributed by atoms with Crippen LogP contribution in [0.25, 0.3) is 0 Å². The lowest BCUT2D eigenvalue weighted by molar-refractivity contribution is 0.483. The number of hydrogen-bond acceptors (Lipinski definition) is 3. The Hall–Kier alpha value is -1.13. The maximum atomic E-state index is 6.00. The number of hydrogen-bond donors (Lipinski definition) is 2. The molecule has 96 valence electrons. The highest BCUT2D eigenvalue weighted by Gasteiger charge is 2.03. The summed E-state index contributed by atoms with van der Waals surface area (Å²) in [6, 6.07) is 12.3. The van der Waals surface area contributed by atoms with E-state index in [0.29, 0.717) is 21.5 Å². The van der Waals surface area contributed by atoms with Gasteiger partial charge in [0, 0.05) is 10.7 Å². The highest BCUT2D eigenvalue weighted by molar-refractivity contribution is 6.35. The van der Waals surface area contributed by atoms with Crippen LogP contribution in [0.15, 0.2) is 42.5 Å². The summed E-state index contributed by atoms with van der Waals surface area (Å²) in [4.78, 5) is 0. The number of anilines is 1. The largest absolute Gasteiger partial charge is 0.456 e. The summed E-state index contributed by atoms with van der Waals surface area (Å²) in [6.45, 7) is 0. The van der Waals surface area contributed by atoms with Gasteiger partial charge in [0.15, 0.2) is 0 Å². The number of hydrazine groups is 1. The molecule has 0 heterocycles. The third-order valence-corrected chi connectivity index (χ3v) is 2.67. The Kier molecular flexibility index (Phi) is 5.56. The van der Waals surface area contributed by atoms with Gasteiger partial charge in [-0.2, -0.15) is 0 Å². The zero-order chi connectivity index (χ0) is 12.3. The highest BCUT2D eigenvalue weighted by atomic mass is 35.5. The molecular formula is C12H11Cl3N2O. The van der Waals surface area contributed by atoms with Crippen LogP contribution in [-0.4, -0.2) is 0 Å². The Labute approximate surface area is 121 Å². The van der Waals surface area contributed by atoms with Gasteiger partial charge in [-0.15, -0.1) is 12.4 Å². The molecule has 0 radical (unpaired) electrons. The molecule has 0 fully saturated rings. The predicted molar refractivity (Wildman–Crippen MR) is 78.0 cm³/mol. The standard InChI is InChI=1S/C12H10Cl2N2O.ClH/c13-8-1-6-12(11(14)7-8)17-10-4-2-9(16-15)3-5-10;/h1-7,16H,15H2;1H.